The predicted molar refractivity (Wildman–Crippen MR) is 57.4 cm³/mol. The van der Waals surface area contributed by atoms with Crippen LogP contribution in [0, 0.1) is 24.7 Å². The fraction of sp³-hybridized carbons (Fsp3) is 0.429. The topological polar surface area (TPSA) is 18.5 Å². The molecule has 5 heteroatoms. The van der Waals surface area contributed by atoms with E-state index in [1.54, 1.807) is 0 Å². The van der Waals surface area contributed by atoms with Crippen molar-refractivity contribution in [2.45, 2.75) is 0 Å². The van der Waals surface area contributed by atoms with Crippen LogP contribution < -0.4 is 0 Å². The Labute approximate surface area is 82.3 Å². The molecule has 0 N–H and O–H groups in total. The van der Waals surface area contributed by atoms with E-state index in [4.69, 9.17) is 33.7 Å². The zero-order valence-electron chi connectivity index (χ0n) is 6.65. The molecular formula is C7H9O2PS2. The van der Waals surface area contributed by atoms with Gasteiger partial charge in [0.15, 0.2) is 0 Å². The first-order valence-corrected chi connectivity index (χ1v) is 7.47. The number of terminal acetylenes is 2. The highest BCUT2D eigenvalue weighted by Gasteiger charge is 2.15. The van der Waals surface area contributed by atoms with Crippen LogP contribution in [-0.4, -0.2) is 19.5 Å². The van der Waals surface area contributed by atoms with Gasteiger partial charge in [-0.25, -0.2) is 0 Å². The van der Waals surface area contributed by atoms with E-state index in [0.717, 1.165) is 0 Å². The molecule has 0 saturated heterocycles. The molecule has 0 radical (unpaired) electrons. The molecule has 12 heavy (non-hydrogen) atoms. The second-order valence-corrected chi connectivity index (χ2v) is 8.03. The summed E-state index contributed by atoms with van der Waals surface area (Å²) in [4.78, 5) is 0. The van der Waals surface area contributed by atoms with Gasteiger partial charge in [0.05, 0.1) is 0 Å². The number of hydrogen-bond acceptors (Lipinski definition) is 4. The highest BCUT2D eigenvalue weighted by molar-refractivity contribution is 8.67. The standard InChI is InChI=1S/C7H9O2PS2/c1-4-6-8-10(11,12-3)9-7-5-2/h1-2H,6-7H2,3H3. The summed E-state index contributed by atoms with van der Waals surface area (Å²) in [6.45, 7) is 0.339. The lowest BCUT2D eigenvalue weighted by atomic mass is 10.8. The minimum atomic E-state index is -2.27. The van der Waals surface area contributed by atoms with Crippen molar-refractivity contribution in [3.63, 3.8) is 0 Å². The number of hydrogen-bond donors (Lipinski definition) is 0. The minimum Gasteiger partial charge on any atom is -0.309 e. The maximum atomic E-state index is 5.16. The first kappa shape index (κ1) is 12.0. The molecule has 0 rings (SSSR count). The maximum absolute atomic E-state index is 5.16. The van der Waals surface area contributed by atoms with Crippen molar-refractivity contribution in [3.05, 3.63) is 0 Å². The molecule has 0 amide bonds. The molecule has 0 aliphatic carbocycles. The minimum absolute atomic E-state index is 0.169. The van der Waals surface area contributed by atoms with Gasteiger partial charge in [-0.1, -0.05) is 23.2 Å². The first-order chi connectivity index (χ1) is 5.68. The van der Waals surface area contributed by atoms with Gasteiger partial charge in [-0.15, -0.1) is 12.8 Å². The summed E-state index contributed by atoms with van der Waals surface area (Å²) in [6, 6.07) is 0. The van der Waals surface area contributed by atoms with E-state index < -0.39 is 5.69 Å². The van der Waals surface area contributed by atoms with E-state index in [1.807, 2.05) is 6.26 Å². The molecule has 0 saturated carbocycles. The molecule has 0 aliphatic heterocycles. The third kappa shape index (κ3) is 4.83. The molecular weight excluding hydrogens is 211 g/mol. The third-order valence-corrected chi connectivity index (χ3v) is 6.12. The van der Waals surface area contributed by atoms with Gasteiger partial charge in [0.25, 0.3) is 0 Å². The average molecular weight is 220 g/mol. The fourth-order valence-electron chi connectivity index (χ4n) is 0.375. The van der Waals surface area contributed by atoms with Gasteiger partial charge in [-0.2, -0.15) is 0 Å². The molecule has 0 fully saturated rings. The van der Waals surface area contributed by atoms with Gasteiger partial charge in [0.1, 0.15) is 13.2 Å². The third-order valence-electron chi connectivity index (χ3n) is 0.836. The van der Waals surface area contributed by atoms with E-state index >= 15 is 0 Å². The Morgan fingerprint density at radius 2 is 1.75 bits per heavy atom. The molecule has 66 valence electrons. The second-order valence-electron chi connectivity index (χ2n) is 1.58. The molecule has 0 aromatic carbocycles. The van der Waals surface area contributed by atoms with Crippen LogP contribution >= 0.6 is 17.1 Å². The van der Waals surface area contributed by atoms with Crippen LogP contribution in [0.4, 0.5) is 0 Å². The van der Waals surface area contributed by atoms with Gasteiger partial charge < -0.3 is 9.05 Å². The Balaban J connectivity index is 4.00. The molecule has 0 unspecified atom stereocenters. The average Bonchev–Trinajstić information content (AvgIpc) is 2.11. The van der Waals surface area contributed by atoms with E-state index in [1.165, 1.54) is 11.4 Å². The number of rotatable bonds is 5. The van der Waals surface area contributed by atoms with Crippen molar-refractivity contribution in [2.24, 2.45) is 0 Å². The zero-order valence-corrected chi connectivity index (χ0v) is 9.18. The Morgan fingerprint density at radius 3 is 2.00 bits per heavy atom. The van der Waals surface area contributed by atoms with Crippen molar-refractivity contribution in [2.75, 3.05) is 19.5 Å². The van der Waals surface area contributed by atoms with Crippen molar-refractivity contribution < 1.29 is 9.05 Å². The normalized spacial score (nSPS) is 10.2. The van der Waals surface area contributed by atoms with Gasteiger partial charge in [0, 0.05) is 0 Å². The van der Waals surface area contributed by atoms with Crippen LogP contribution in [0.2, 0.25) is 0 Å². The van der Waals surface area contributed by atoms with Crippen LogP contribution in [0.1, 0.15) is 0 Å². The SMILES string of the molecule is C#CCOP(=S)(OCC#C)SC. The Bertz CT molecular complexity index is 229. The lowest BCUT2D eigenvalue weighted by molar-refractivity contribution is 0.309. The molecule has 0 atom stereocenters. The lowest BCUT2D eigenvalue weighted by Crippen LogP contribution is -1.92. The highest BCUT2D eigenvalue weighted by atomic mass is 32.9. The first-order valence-electron chi connectivity index (χ1n) is 3.00. The summed E-state index contributed by atoms with van der Waals surface area (Å²) < 4.78 is 10.3. The molecule has 0 bridgehead atoms. The van der Waals surface area contributed by atoms with Crippen molar-refractivity contribution >= 4 is 28.9 Å². The molecule has 0 aromatic rings. The highest BCUT2D eigenvalue weighted by Crippen LogP contribution is 2.59. The maximum Gasteiger partial charge on any atom is 0.248 e. The van der Waals surface area contributed by atoms with Gasteiger partial charge in [-0.05, 0) is 18.1 Å². The Hall–Kier alpha value is 0.0400. The lowest BCUT2D eigenvalue weighted by Gasteiger charge is -2.16. The summed E-state index contributed by atoms with van der Waals surface area (Å²) in [7, 11) is 0. The summed E-state index contributed by atoms with van der Waals surface area (Å²) in [5.74, 6) is 4.66. The van der Waals surface area contributed by atoms with Crippen LogP contribution in [0.5, 0.6) is 0 Å². The van der Waals surface area contributed by atoms with Gasteiger partial charge in [0.2, 0.25) is 5.69 Å². The van der Waals surface area contributed by atoms with Crippen molar-refractivity contribution in [1.82, 2.24) is 0 Å². The van der Waals surface area contributed by atoms with Crippen LogP contribution in [0.3, 0.4) is 0 Å². The molecule has 0 spiro atoms. The van der Waals surface area contributed by atoms with E-state index in [-0.39, 0.29) is 13.2 Å². The van der Waals surface area contributed by atoms with Crippen LogP contribution in [0.25, 0.3) is 0 Å². The van der Waals surface area contributed by atoms with E-state index in [0.29, 0.717) is 0 Å². The summed E-state index contributed by atoms with van der Waals surface area (Å²) in [6.07, 6.45) is 11.8. The molecule has 2 nitrogen and oxygen atoms in total. The van der Waals surface area contributed by atoms with Gasteiger partial charge in [-0.3, -0.25) is 0 Å². The molecule has 0 aromatic heterocycles. The Kier molecular flexibility index (Phi) is 6.57. The fourth-order valence-corrected chi connectivity index (χ4v) is 2.39. The van der Waals surface area contributed by atoms with Gasteiger partial charge >= 0.3 is 0 Å². The quantitative estimate of drug-likeness (QED) is 0.520. The molecule has 0 heterocycles. The second kappa shape index (κ2) is 6.54. The molecule has 0 aliphatic rings. The van der Waals surface area contributed by atoms with Crippen molar-refractivity contribution in [1.29, 1.82) is 0 Å². The summed E-state index contributed by atoms with van der Waals surface area (Å²) in [5.41, 5.74) is -2.27. The Morgan fingerprint density at radius 1 is 1.33 bits per heavy atom. The zero-order chi connectivity index (χ0) is 9.45. The summed E-state index contributed by atoms with van der Waals surface area (Å²) in [5, 5.41) is 0. The summed E-state index contributed by atoms with van der Waals surface area (Å²) >= 11 is 6.41. The monoisotopic (exact) mass is 220 g/mol. The van der Waals surface area contributed by atoms with E-state index in [9.17, 15) is 0 Å². The van der Waals surface area contributed by atoms with E-state index in [2.05, 4.69) is 11.8 Å². The van der Waals surface area contributed by atoms with Crippen molar-refractivity contribution in [3.8, 4) is 24.7 Å². The van der Waals surface area contributed by atoms with Crippen LogP contribution in [-0.2, 0) is 20.9 Å². The van der Waals surface area contributed by atoms with Crippen LogP contribution in [0.15, 0.2) is 0 Å². The largest absolute Gasteiger partial charge is 0.309 e. The smallest absolute Gasteiger partial charge is 0.248 e. The predicted octanol–water partition coefficient (Wildman–Crippen LogP) is 1.87.